The second-order valence-electron chi connectivity index (χ2n) is 7.55. The molecule has 1 saturated heterocycles. The fourth-order valence-electron chi connectivity index (χ4n) is 3.90. The first kappa shape index (κ1) is 20.1. The number of amides is 2. The highest BCUT2D eigenvalue weighted by Gasteiger charge is 2.34. The first-order valence-electron chi connectivity index (χ1n) is 10.0. The number of ether oxygens (including phenoxy) is 1. The Morgan fingerprint density at radius 2 is 1.73 bits per heavy atom. The van der Waals surface area contributed by atoms with E-state index in [1.54, 1.807) is 17.0 Å². The van der Waals surface area contributed by atoms with E-state index in [4.69, 9.17) is 4.74 Å². The van der Waals surface area contributed by atoms with Gasteiger partial charge in [0, 0.05) is 24.8 Å². The van der Waals surface area contributed by atoms with Gasteiger partial charge in [-0.3, -0.25) is 9.59 Å². The molecule has 30 heavy (non-hydrogen) atoms. The van der Waals surface area contributed by atoms with E-state index >= 15 is 0 Å². The molecule has 2 aliphatic rings. The number of piperidine rings is 1. The van der Waals surface area contributed by atoms with E-state index in [-0.39, 0.29) is 24.7 Å². The van der Waals surface area contributed by atoms with Crippen LogP contribution >= 0.6 is 0 Å². The van der Waals surface area contributed by atoms with Crippen molar-refractivity contribution in [3.8, 4) is 5.75 Å². The Bertz CT molecular complexity index is 927. The number of benzene rings is 2. The first-order valence-corrected chi connectivity index (χ1v) is 10.0. The van der Waals surface area contributed by atoms with Crippen LogP contribution in [-0.4, -0.2) is 49.0 Å². The lowest BCUT2D eigenvalue weighted by atomic mass is 10.1. The van der Waals surface area contributed by atoms with E-state index in [0.29, 0.717) is 24.5 Å². The standard InChI is InChI=1S/C22H23F2N3O3/c23-15-10-16(24)12-17(11-15)25-21(28)14-27-13-20(22(29)26-8-4-1-5-9-26)30-19-7-3-2-6-18(19)27/h2-3,6-7,10-12,20H,1,4-5,8-9,13-14H2,(H,25,28). The van der Waals surface area contributed by atoms with Crippen molar-refractivity contribution in [2.75, 3.05) is 36.4 Å². The molecule has 158 valence electrons. The highest BCUT2D eigenvalue weighted by Crippen LogP contribution is 2.33. The summed E-state index contributed by atoms with van der Waals surface area (Å²) in [5.74, 6) is -1.53. The van der Waals surface area contributed by atoms with Crippen LogP contribution in [0.25, 0.3) is 0 Å². The topological polar surface area (TPSA) is 61.9 Å². The number of likely N-dealkylation sites (tertiary alicyclic amines) is 1. The van der Waals surface area contributed by atoms with Crippen molar-refractivity contribution in [3.63, 3.8) is 0 Å². The number of rotatable bonds is 4. The van der Waals surface area contributed by atoms with E-state index in [1.807, 2.05) is 17.0 Å². The number of nitrogens with one attached hydrogen (secondary N) is 1. The maximum absolute atomic E-state index is 13.4. The largest absolute Gasteiger partial charge is 0.477 e. The van der Waals surface area contributed by atoms with Crippen LogP contribution < -0.4 is 15.0 Å². The predicted molar refractivity (Wildman–Crippen MR) is 108 cm³/mol. The van der Waals surface area contributed by atoms with Crippen LogP contribution in [0, 0.1) is 11.6 Å². The Kier molecular flexibility index (Phi) is 5.83. The molecule has 1 fully saturated rings. The van der Waals surface area contributed by atoms with Crippen LogP contribution in [0.4, 0.5) is 20.2 Å². The summed E-state index contributed by atoms with van der Waals surface area (Å²) in [6.45, 7) is 1.57. The van der Waals surface area contributed by atoms with Crippen molar-refractivity contribution >= 4 is 23.2 Å². The number of carbonyl (C=O) groups excluding carboxylic acids is 2. The van der Waals surface area contributed by atoms with Gasteiger partial charge < -0.3 is 19.9 Å². The third kappa shape index (κ3) is 4.53. The maximum atomic E-state index is 13.4. The number of para-hydroxylation sites is 2. The minimum atomic E-state index is -0.769. The van der Waals surface area contributed by atoms with E-state index in [0.717, 1.165) is 37.5 Å². The van der Waals surface area contributed by atoms with Crippen molar-refractivity contribution in [2.45, 2.75) is 25.4 Å². The number of carbonyl (C=O) groups is 2. The minimum Gasteiger partial charge on any atom is -0.477 e. The Labute approximate surface area is 173 Å². The average molecular weight is 415 g/mol. The van der Waals surface area contributed by atoms with Gasteiger partial charge in [-0.1, -0.05) is 12.1 Å². The minimum absolute atomic E-state index is 0.0417. The Morgan fingerprint density at radius 3 is 2.47 bits per heavy atom. The lowest BCUT2D eigenvalue weighted by Gasteiger charge is -2.38. The number of nitrogens with zero attached hydrogens (tertiary/aromatic N) is 2. The molecule has 2 aliphatic heterocycles. The van der Waals surface area contributed by atoms with Crippen LogP contribution in [-0.2, 0) is 9.59 Å². The molecule has 0 saturated carbocycles. The van der Waals surface area contributed by atoms with Crippen molar-refractivity contribution in [3.05, 3.63) is 54.1 Å². The van der Waals surface area contributed by atoms with Crippen molar-refractivity contribution in [1.29, 1.82) is 0 Å². The van der Waals surface area contributed by atoms with Gasteiger partial charge in [0.1, 0.15) is 17.4 Å². The molecule has 0 aliphatic carbocycles. The second kappa shape index (κ2) is 8.69. The lowest BCUT2D eigenvalue weighted by molar-refractivity contribution is -0.139. The number of anilines is 2. The molecule has 0 bridgehead atoms. The predicted octanol–water partition coefficient (Wildman–Crippen LogP) is 3.18. The summed E-state index contributed by atoms with van der Waals surface area (Å²) in [6.07, 6.45) is 2.36. The van der Waals surface area contributed by atoms with Gasteiger partial charge in [-0.25, -0.2) is 8.78 Å². The summed E-state index contributed by atoms with van der Waals surface area (Å²) in [5.41, 5.74) is 0.737. The van der Waals surface area contributed by atoms with Gasteiger partial charge in [0.25, 0.3) is 5.91 Å². The SMILES string of the molecule is O=C(CN1CC(C(=O)N2CCCCC2)Oc2ccccc21)Nc1cc(F)cc(F)c1. The van der Waals surface area contributed by atoms with Crippen molar-refractivity contribution in [2.24, 2.45) is 0 Å². The molecular formula is C22H23F2N3O3. The third-order valence-electron chi connectivity index (χ3n) is 5.29. The van der Waals surface area contributed by atoms with Gasteiger partial charge in [-0.05, 0) is 43.5 Å². The number of fused-ring (bicyclic) bond motifs is 1. The summed E-state index contributed by atoms with van der Waals surface area (Å²) in [7, 11) is 0. The quantitative estimate of drug-likeness (QED) is 0.833. The van der Waals surface area contributed by atoms with Gasteiger partial charge in [0.05, 0.1) is 18.8 Å². The zero-order valence-electron chi connectivity index (χ0n) is 16.4. The van der Waals surface area contributed by atoms with E-state index in [9.17, 15) is 18.4 Å². The molecule has 0 spiro atoms. The number of hydrogen-bond donors (Lipinski definition) is 1. The molecule has 1 atom stereocenters. The average Bonchev–Trinajstić information content (AvgIpc) is 2.73. The van der Waals surface area contributed by atoms with E-state index < -0.39 is 23.6 Å². The molecule has 1 unspecified atom stereocenters. The lowest BCUT2D eigenvalue weighted by Crippen LogP contribution is -2.52. The Balaban J connectivity index is 1.49. The van der Waals surface area contributed by atoms with Crippen LogP contribution in [0.5, 0.6) is 5.75 Å². The highest BCUT2D eigenvalue weighted by atomic mass is 19.1. The van der Waals surface area contributed by atoms with Crippen LogP contribution in [0.15, 0.2) is 42.5 Å². The summed E-state index contributed by atoms with van der Waals surface area (Å²) in [5, 5.41) is 2.51. The highest BCUT2D eigenvalue weighted by molar-refractivity contribution is 5.95. The summed E-state index contributed by atoms with van der Waals surface area (Å²) in [4.78, 5) is 29.1. The normalized spacial score (nSPS) is 18.4. The monoisotopic (exact) mass is 415 g/mol. The van der Waals surface area contributed by atoms with Crippen molar-refractivity contribution in [1.82, 2.24) is 4.90 Å². The fourth-order valence-corrected chi connectivity index (χ4v) is 3.90. The van der Waals surface area contributed by atoms with Gasteiger partial charge in [0.15, 0.2) is 6.10 Å². The zero-order chi connectivity index (χ0) is 21.1. The maximum Gasteiger partial charge on any atom is 0.265 e. The second-order valence-corrected chi connectivity index (χ2v) is 7.55. The molecule has 8 heteroatoms. The smallest absolute Gasteiger partial charge is 0.265 e. The molecule has 6 nitrogen and oxygen atoms in total. The summed E-state index contributed by atoms with van der Waals surface area (Å²) < 4.78 is 32.7. The molecule has 2 amide bonds. The number of halogens is 2. The van der Waals surface area contributed by atoms with E-state index in [1.165, 1.54) is 0 Å². The molecule has 2 aromatic rings. The molecule has 0 radical (unpaired) electrons. The first-order chi connectivity index (χ1) is 14.5. The number of hydrogen-bond acceptors (Lipinski definition) is 4. The summed E-state index contributed by atoms with van der Waals surface area (Å²) in [6, 6.07) is 10.0. The summed E-state index contributed by atoms with van der Waals surface area (Å²) >= 11 is 0. The van der Waals surface area contributed by atoms with Gasteiger partial charge in [-0.2, -0.15) is 0 Å². The third-order valence-corrected chi connectivity index (χ3v) is 5.29. The molecule has 2 aromatic carbocycles. The van der Waals surface area contributed by atoms with Gasteiger partial charge >= 0.3 is 0 Å². The van der Waals surface area contributed by atoms with Crippen LogP contribution in [0.1, 0.15) is 19.3 Å². The van der Waals surface area contributed by atoms with Gasteiger partial charge in [0.2, 0.25) is 5.91 Å². The van der Waals surface area contributed by atoms with Gasteiger partial charge in [-0.15, -0.1) is 0 Å². The van der Waals surface area contributed by atoms with Crippen LogP contribution in [0.3, 0.4) is 0 Å². The molecule has 1 N–H and O–H groups in total. The fraction of sp³-hybridized carbons (Fsp3) is 0.364. The van der Waals surface area contributed by atoms with Crippen molar-refractivity contribution < 1.29 is 23.1 Å². The Hall–Kier alpha value is -3.16. The molecular weight excluding hydrogens is 392 g/mol. The molecule has 4 rings (SSSR count). The van der Waals surface area contributed by atoms with Crippen LogP contribution in [0.2, 0.25) is 0 Å². The molecule has 0 aromatic heterocycles. The zero-order valence-corrected chi connectivity index (χ0v) is 16.4. The molecule has 2 heterocycles. The Morgan fingerprint density at radius 1 is 1.03 bits per heavy atom. The van der Waals surface area contributed by atoms with E-state index in [2.05, 4.69) is 5.32 Å².